The molecule has 0 saturated carbocycles. The third-order valence-corrected chi connectivity index (χ3v) is 6.73. The fourth-order valence-corrected chi connectivity index (χ4v) is 4.43. The van der Waals surface area contributed by atoms with Crippen LogP contribution in [0.15, 0.2) is 28.4 Å². The summed E-state index contributed by atoms with van der Waals surface area (Å²) < 4.78 is 11.1. The second-order valence-electron chi connectivity index (χ2n) is 11.7. The summed E-state index contributed by atoms with van der Waals surface area (Å²) in [6.07, 6.45) is 8.36. The fraction of sp³-hybridized carbons (Fsp3) is 0.656. The molecule has 0 bridgehead atoms. The number of carbonyl (C=O) groups excluding carboxylic acids is 1. The van der Waals surface area contributed by atoms with Crippen molar-refractivity contribution in [1.29, 1.82) is 5.26 Å². The number of nitriles is 1. The Labute approximate surface area is 252 Å². The number of H-pyrrole nitrogens is 1. The summed E-state index contributed by atoms with van der Waals surface area (Å²) in [7, 11) is 0. The molecule has 1 heterocycles. The van der Waals surface area contributed by atoms with Gasteiger partial charge >= 0.3 is 5.97 Å². The maximum Gasteiger partial charge on any atom is 0.305 e. The van der Waals surface area contributed by atoms with Gasteiger partial charge in [-0.25, -0.2) is 0 Å². The number of ether oxygens (including phenoxy) is 2. The van der Waals surface area contributed by atoms with Crippen LogP contribution in [0.1, 0.15) is 117 Å². The van der Waals surface area contributed by atoms with E-state index in [1.807, 2.05) is 53.7 Å². The van der Waals surface area contributed by atoms with E-state index >= 15 is 0 Å². The number of aromatic amines is 1. The zero-order chi connectivity index (χ0) is 31.0. The number of azo groups is 1. The first-order valence-electron chi connectivity index (χ1n) is 15.4. The molecule has 0 saturated heterocycles. The average Bonchev–Trinajstić information content (AvgIpc) is 3.36. The van der Waals surface area contributed by atoms with Crippen molar-refractivity contribution >= 4 is 28.8 Å². The van der Waals surface area contributed by atoms with Gasteiger partial charge in [0.15, 0.2) is 0 Å². The lowest BCUT2D eigenvalue weighted by Gasteiger charge is -2.26. The largest absolute Gasteiger partial charge is 0.466 e. The summed E-state index contributed by atoms with van der Waals surface area (Å²) in [6, 6.07) is 8.20. The van der Waals surface area contributed by atoms with Crippen molar-refractivity contribution in [2.75, 3.05) is 36.6 Å². The van der Waals surface area contributed by atoms with Crippen LogP contribution < -0.4 is 10.2 Å². The lowest BCUT2D eigenvalue weighted by atomic mass is 10.1. The van der Waals surface area contributed by atoms with Crippen molar-refractivity contribution in [3.8, 4) is 6.07 Å². The molecule has 0 aliphatic carbocycles. The molecule has 10 heteroatoms. The van der Waals surface area contributed by atoms with Crippen molar-refractivity contribution in [1.82, 2.24) is 10.2 Å². The van der Waals surface area contributed by atoms with Crippen LogP contribution in [0.3, 0.4) is 0 Å². The topological polar surface area (TPSA) is 128 Å². The van der Waals surface area contributed by atoms with E-state index in [-0.39, 0.29) is 23.3 Å². The Bertz CT molecular complexity index is 1160. The zero-order valence-corrected chi connectivity index (χ0v) is 26.8. The normalized spacial score (nSPS) is 11.7. The molecule has 0 aliphatic heterocycles. The van der Waals surface area contributed by atoms with Crippen molar-refractivity contribution in [3.63, 3.8) is 0 Å². The first-order valence-corrected chi connectivity index (χ1v) is 15.4. The standard InChI is InChI=1S/C32H51N7O3/c1-8-10-11-12-13-14-19-39(20-15-16-29(40)41-9-2)25-17-18-27(28(21-25)34-23-42-32(5,6)7)35-37-31-26(22-33)30(24(3)4)36-38-31/h17-18,21,24,34H,8-16,19-20,23H2,1-7H3,(H,36,38). The monoisotopic (exact) mass is 581 g/mol. The van der Waals surface area contributed by atoms with Gasteiger partial charge in [0.2, 0.25) is 5.82 Å². The fourth-order valence-electron chi connectivity index (χ4n) is 4.43. The first kappa shape index (κ1) is 34.7. The predicted molar refractivity (Wildman–Crippen MR) is 169 cm³/mol. The van der Waals surface area contributed by atoms with Crippen LogP contribution in [0.2, 0.25) is 0 Å². The van der Waals surface area contributed by atoms with Gasteiger partial charge in [-0.15, -0.1) is 10.2 Å². The van der Waals surface area contributed by atoms with Crippen LogP contribution in [0, 0.1) is 11.3 Å². The number of nitrogens with zero attached hydrogens (tertiary/aromatic N) is 5. The number of aromatic nitrogens is 2. The van der Waals surface area contributed by atoms with Crippen LogP contribution >= 0.6 is 0 Å². The maximum atomic E-state index is 12.0. The molecule has 0 atom stereocenters. The minimum Gasteiger partial charge on any atom is -0.466 e. The van der Waals surface area contributed by atoms with Crippen molar-refractivity contribution < 1.29 is 14.3 Å². The van der Waals surface area contributed by atoms with Crippen LogP contribution in [-0.2, 0) is 14.3 Å². The predicted octanol–water partition coefficient (Wildman–Crippen LogP) is 8.51. The number of carbonyl (C=O) groups is 1. The molecule has 0 radical (unpaired) electrons. The molecule has 232 valence electrons. The molecular formula is C32H51N7O3. The van der Waals surface area contributed by atoms with E-state index in [2.05, 4.69) is 49.7 Å². The molecule has 1 aromatic carbocycles. The highest BCUT2D eigenvalue weighted by molar-refractivity contribution is 5.72. The highest BCUT2D eigenvalue weighted by Gasteiger charge is 2.17. The lowest BCUT2D eigenvalue weighted by molar-refractivity contribution is -0.143. The van der Waals surface area contributed by atoms with E-state index in [0.29, 0.717) is 37.4 Å². The van der Waals surface area contributed by atoms with E-state index < -0.39 is 0 Å². The second-order valence-corrected chi connectivity index (χ2v) is 11.7. The molecule has 0 fully saturated rings. The summed E-state index contributed by atoms with van der Waals surface area (Å²) in [5.41, 5.74) is 3.24. The summed E-state index contributed by atoms with van der Waals surface area (Å²) in [4.78, 5) is 14.3. The van der Waals surface area contributed by atoms with Crippen molar-refractivity contribution in [2.45, 2.75) is 111 Å². The summed E-state index contributed by atoms with van der Waals surface area (Å²) in [5.74, 6) is 0.222. The first-order chi connectivity index (χ1) is 20.1. The van der Waals surface area contributed by atoms with Crippen LogP contribution in [0.5, 0.6) is 0 Å². The van der Waals surface area contributed by atoms with E-state index in [0.717, 1.165) is 36.6 Å². The number of anilines is 2. The summed E-state index contributed by atoms with van der Waals surface area (Å²) in [5, 5.41) is 29.0. The number of benzene rings is 1. The van der Waals surface area contributed by atoms with Crippen LogP contribution in [0.25, 0.3) is 0 Å². The number of esters is 1. The number of unbranched alkanes of at least 4 members (excludes halogenated alkanes) is 5. The molecule has 0 aliphatic rings. The average molecular weight is 582 g/mol. The summed E-state index contributed by atoms with van der Waals surface area (Å²) in [6.45, 7) is 16.4. The van der Waals surface area contributed by atoms with E-state index in [4.69, 9.17) is 9.47 Å². The highest BCUT2D eigenvalue weighted by Crippen LogP contribution is 2.33. The van der Waals surface area contributed by atoms with Gasteiger partial charge in [0.1, 0.15) is 24.1 Å². The highest BCUT2D eigenvalue weighted by atomic mass is 16.5. The van der Waals surface area contributed by atoms with Gasteiger partial charge in [0.05, 0.1) is 23.6 Å². The molecule has 10 nitrogen and oxygen atoms in total. The van der Waals surface area contributed by atoms with Gasteiger partial charge in [-0.3, -0.25) is 9.89 Å². The number of hydrogen-bond donors (Lipinski definition) is 2. The quantitative estimate of drug-likeness (QED) is 0.0736. The van der Waals surface area contributed by atoms with Gasteiger partial charge in [0.25, 0.3) is 0 Å². The molecule has 2 aromatic rings. The Morgan fingerprint density at radius 3 is 2.48 bits per heavy atom. The van der Waals surface area contributed by atoms with Gasteiger partial charge in [-0.05, 0) is 64.7 Å². The zero-order valence-electron chi connectivity index (χ0n) is 26.8. The third-order valence-electron chi connectivity index (χ3n) is 6.73. The summed E-state index contributed by atoms with van der Waals surface area (Å²) >= 11 is 0. The minimum atomic E-state index is -0.312. The van der Waals surface area contributed by atoms with Gasteiger partial charge in [0, 0.05) is 25.2 Å². The number of rotatable bonds is 19. The lowest BCUT2D eigenvalue weighted by Crippen LogP contribution is -2.26. The van der Waals surface area contributed by atoms with E-state index in [9.17, 15) is 10.1 Å². The van der Waals surface area contributed by atoms with Gasteiger partial charge in [-0.2, -0.15) is 10.4 Å². The Balaban J connectivity index is 2.32. The molecule has 0 unspecified atom stereocenters. The maximum absolute atomic E-state index is 12.0. The third kappa shape index (κ3) is 12.2. The van der Waals surface area contributed by atoms with Crippen LogP contribution in [0.4, 0.5) is 22.9 Å². The molecule has 0 spiro atoms. The van der Waals surface area contributed by atoms with Crippen molar-refractivity contribution in [3.05, 3.63) is 29.5 Å². The Morgan fingerprint density at radius 2 is 1.81 bits per heavy atom. The van der Waals surface area contributed by atoms with Gasteiger partial charge < -0.3 is 19.7 Å². The molecule has 2 rings (SSSR count). The number of nitrogens with one attached hydrogen (secondary N) is 2. The van der Waals surface area contributed by atoms with Crippen molar-refractivity contribution in [2.24, 2.45) is 10.2 Å². The van der Waals surface area contributed by atoms with Gasteiger partial charge in [-0.1, -0.05) is 52.9 Å². The van der Waals surface area contributed by atoms with E-state index in [1.54, 1.807) is 0 Å². The molecule has 2 N–H and O–H groups in total. The molecular weight excluding hydrogens is 530 g/mol. The minimum absolute atomic E-state index is 0.114. The Morgan fingerprint density at radius 1 is 1.10 bits per heavy atom. The Kier molecular flexibility index (Phi) is 15.0. The molecule has 0 amide bonds. The number of hydrogen-bond acceptors (Lipinski definition) is 9. The van der Waals surface area contributed by atoms with Crippen LogP contribution in [-0.4, -0.2) is 48.2 Å². The second kappa shape index (κ2) is 18.2. The molecule has 42 heavy (non-hydrogen) atoms. The Hall–Kier alpha value is -3.45. The smallest absolute Gasteiger partial charge is 0.305 e. The van der Waals surface area contributed by atoms with E-state index in [1.165, 1.54) is 32.1 Å². The SMILES string of the molecule is CCCCCCCCN(CCCC(=O)OCC)c1ccc(N=Nc2n[nH]c(C(C)C)c2C#N)c(NCOC(C)(C)C)c1. The molecule has 1 aromatic heterocycles.